The second kappa shape index (κ2) is 5.69. The highest BCUT2D eigenvalue weighted by molar-refractivity contribution is 5.95. The van der Waals surface area contributed by atoms with E-state index in [1.165, 1.54) is 0 Å². The summed E-state index contributed by atoms with van der Waals surface area (Å²) in [6.07, 6.45) is 2.03. The molecule has 1 amide bonds. The molecule has 0 heterocycles. The molecule has 2 N–H and O–H groups in total. The lowest BCUT2D eigenvalue weighted by atomic mass is 9.98. The van der Waals surface area contributed by atoms with E-state index in [2.05, 4.69) is 16.7 Å². The van der Waals surface area contributed by atoms with Crippen molar-refractivity contribution in [3.8, 4) is 6.07 Å². The molecule has 112 valence electrons. The number of carbonyl (C=O) groups excluding carboxylic acids is 1. The van der Waals surface area contributed by atoms with Crippen molar-refractivity contribution in [3.05, 3.63) is 42.5 Å². The largest absolute Gasteiger partial charge is 0.376 e. The minimum Gasteiger partial charge on any atom is -0.376 e. The Labute approximate surface area is 130 Å². The molecular weight excluding hydrogens is 274 g/mol. The smallest absolute Gasteiger partial charge is 0.240 e. The summed E-state index contributed by atoms with van der Waals surface area (Å²) >= 11 is 0. The standard InChI is InChI=1S/C18H19N3O/c1-18(12-19,14-9-10-14)21-17(22)11-20-16-8-4-6-13-5-2-3-7-15(13)16/h2-8,14,20H,9-11H2,1H3,(H,21,22). The van der Waals surface area contributed by atoms with Gasteiger partial charge in [0, 0.05) is 11.1 Å². The van der Waals surface area contributed by atoms with Crippen molar-refractivity contribution in [1.82, 2.24) is 5.32 Å². The number of benzene rings is 2. The topological polar surface area (TPSA) is 64.9 Å². The van der Waals surface area contributed by atoms with Crippen molar-refractivity contribution >= 4 is 22.4 Å². The maximum Gasteiger partial charge on any atom is 0.240 e. The molecule has 0 bridgehead atoms. The molecule has 1 unspecified atom stereocenters. The molecule has 1 atom stereocenters. The molecule has 1 fully saturated rings. The quantitative estimate of drug-likeness (QED) is 0.890. The van der Waals surface area contributed by atoms with Crippen LogP contribution in [0.25, 0.3) is 10.8 Å². The zero-order valence-corrected chi connectivity index (χ0v) is 12.6. The summed E-state index contributed by atoms with van der Waals surface area (Å²) in [5, 5.41) is 17.5. The Balaban J connectivity index is 1.67. The first-order valence-corrected chi connectivity index (χ1v) is 7.56. The predicted octanol–water partition coefficient (Wildman–Crippen LogP) is 3.06. The van der Waals surface area contributed by atoms with Crippen LogP contribution >= 0.6 is 0 Å². The lowest BCUT2D eigenvalue weighted by Crippen LogP contribution is -2.48. The molecule has 22 heavy (non-hydrogen) atoms. The minimum absolute atomic E-state index is 0.149. The van der Waals surface area contributed by atoms with Crippen molar-refractivity contribution in [2.24, 2.45) is 5.92 Å². The third kappa shape index (κ3) is 2.89. The van der Waals surface area contributed by atoms with Crippen molar-refractivity contribution < 1.29 is 4.79 Å². The number of fused-ring (bicyclic) bond motifs is 1. The van der Waals surface area contributed by atoms with Crippen LogP contribution in [0.3, 0.4) is 0 Å². The monoisotopic (exact) mass is 293 g/mol. The first-order valence-electron chi connectivity index (χ1n) is 7.56. The van der Waals surface area contributed by atoms with Crippen LogP contribution in [0.1, 0.15) is 19.8 Å². The fraction of sp³-hybridized carbons (Fsp3) is 0.333. The van der Waals surface area contributed by atoms with Gasteiger partial charge < -0.3 is 10.6 Å². The molecule has 4 heteroatoms. The SMILES string of the molecule is CC(C#N)(NC(=O)CNc1cccc2ccccc12)C1CC1. The van der Waals surface area contributed by atoms with Gasteiger partial charge in [-0.05, 0) is 37.1 Å². The van der Waals surface area contributed by atoms with Gasteiger partial charge in [-0.2, -0.15) is 5.26 Å². The molecule has 0 spiro atoms. The number of amides is 1. The summed E-state index contributed by atoms with van der Waals surface area (Å²) < 4.78 is 0. The van der Waals surface area contributed by atoms with E-state index in [-0.39, 0.29) is 12.5 Å². The molecule has 4 nitrogen and oxygen atoms in total. The van der Waals surface area contributed by atoms with Gasteiger partial charge in [0.1, 0.15) is 5.54 Å². The highest BCUT2D eigenvalue weighted by atomic mass is 16.2. The molecule has 0 saturated heterocycles. The van der Waals surface area contributed by atoms with Gasteiger partial charge in [0.05, 0.1) is 12.6 Å². The molecule has 0 aromatic heterocycles. The zero-order chi connectivity index (χ0) is 15.6. The lowest BCUT2D eigenvalue weighted by Gasteiger charge is -2.23. The molecule has 0 aliphatic heterocycles. The Hall–Kier alpha value is -2.54. The summed E-state index contributed by atoms with van der Waals surface area (Å²) in [4.78, 5) is 12.1. The Morgan fingerprint density at radius 1 is 1.27 bits per heavy atom. The van der Waals surface area contributed by atoms with Crippen molar-refractivity contribution in [3.63, 3.8) is 0 Å². The van der Waals surface area contributed by atoms with Crippen LogP contribution in [-0.2, 0) is 4.79 Å². The summed E-state index contributed by atoms with van der Waals surface area (Å²) in [6, 6.07) is 16.2. The minimum atomic E-state index is -0.739. The van der Waals surface area contributed by atoms with Crippen LogP contribution in [0, 0.1) is 17.2 Å². The average Bonchev–Trinajstić information content (AvgIpc) is 3.38. The van der Waals surface area contributed by atoms with Crippen molar-refractivity contribution in [2.75, 3.05) is 11.9 Å². The molecule has 1 aliphatic carbocycles. The predicted molar refractivity (Wildman–Crippen MR) is 87.3 cm³/mol. The molecule has 3 rings (SSSR count). The molecule has 1 aliphatic rings. The van der Waals surface area contributed by atoms with E-state index in [0.717, 1.165) is 29.3 Å². The van der Waals surface area contributed by atoms with Crippen LogP contribution in [-0.4, -0.2) is 18.0 Å². The number of rotatable bonds is 5. The van der Waals surface area contributed by atoms with Crippen LogP contribution in [0.4, 0.5) is 5.69 Å². The second-order valence-electron chi connectivity index (χ2n) is 6.02. The van der Waals surface area contributed by atoms with E-state index in [1.807, 2.05) is 42.5 Å². The fourth-order valence-electron chi connectivity index (χ4n) is 2.77. The average molecular weight is 293 g/mol. The van der Waals surface area contributed by atoms with Crippen LogP contribution in [0.2, 0.25) is 0 Å². The molecule has 2 aromatic rings. The number of nitrogens with one attached hydrogen (secondary N) is 2. The van der Waals surface area contributed by atoms with E-state index in [1.54, 1.807) is 6.92 Å². The summed E-state index contributed by atoms with van der Waals surface area (Å²) in [6.45, 7) is 1.97. The molecule has 0 radical (unpaired) electrons. The fourth-order valence-corrected chi connectivity index (χ4v) is 2.77. The number of hydrogen-bond donors (Lipinski definition) is 2. The Morgan fingerprint density at radius 3 is 2.73 bits per heavy atom. The first kappa shape index (κ1) is 14.4. The van der Waals surface area contributed by atoms with Crippen LogP contribution < -0.4 is 10.6 Å². The number of carbonyl (C=O) groups is 1. The Morgan fingerprint density at radius 2 is 2.00 bits per heavy atom. The molecular formula is C18H19N3O. The van der Waals surface area contributed by atoms with Crippen molar-refractivity contribution in [2.45, 2.75) is 25.3 Å². The van der Waals surface area contributed by atoms with E-state index in [4.69, 9.17) is 0 Å². The first-order chi connectivity index (χ1) is 10.6. The van der Waals surface area contributed by atoms with E-state index in [9.17, 15) is 10.1 Å². The van der Waals surface area contributed by atoms with Gasteiger partial charge in [-0.1, -0.05) is 36.4 Å². The van der Waals surface area contributed by atoms with Gasteiger partial charge >= 0.3 is 0 Å². The summed E-state index contributed by atoms with van der Waals surface area (Å²) in [7, 11) is 0. The van der Waals surface area contributed by atoms with Gasteiger partial charge in [-0.15, -0.1) is 0 Å². The van der Waals surface area contributed by atoms with Gasteiger partial charge in [-0.3, -0.25) is 4.79 Å². The van der Waals surface area contributed by atoms with E-state index in [0.29, 0.717) is 5.92 Å². The number of nitriles is 1. The highest BCUT2D eigenvalue weighted by Crippen LogP contribution is 2.39. The zero-order valence-electron chi connectivity index (χ0n) is 12.6. The lowest BCUT2D eigenvalue weighted by molar-refractivity contribution is -0.120. The molecule has 2 aromatic carbocycles. The number of nitrogens with zero attached hydrogens (tertiary/aromatic N) is 1. The maximum absolute atomic E-state index is 12.1. The van der Waals surface area contributed by atoms with E-state index >= 15 is 0 Å². The third-order valence-corrected chi connectivity index (χ3v) is 4.25. The second-order valence-corrected chi connectivity index (χ2v) is 6.02. The maximum atomic E-state index is 12.1. The van der Waals surface area contributed by atoms with Gasteiger partial charge in [-0.25, -0.2) is 0 Å². The Kier molecular flexibility index (Phi) is 3.72. The number of hydrogen-bond acceptors (Lipinski definition) is 3. The van der Waals surface area contributed by atoms with Gasteiger partial charge in [0.15, 0.2) is 0 Å². The third-order valence-electron chi connectivity index (χ3n) is 4.25. The number of anilines is 1. The van der Waals surface area contributed by atoms with Crippen LogP contribution in [0.5, 0.6) is 0 Å². The highest BCUT2D eigenvalue weighted by Gasteiger charge is 2.42. The summed E-state index contributed by atoms with van der Waals surface area (Å²) in [5.41, 5.74) is 0.190. The molecule has 1 saturated carbocycles. The Bertz CT molecular complexity index is 740. The van der Waals surface area contributed by atoms with Crippen molar-refractivity contribution in [1.29, 1.82) is 5.26 Å². The van der Waals surface area contributed by atoms with Crippen LogP contribution in [0.15, 0.2) is 42.5 Å². The van der Waals surface area contributed by atoms with Gasteiger partial charge in [0.2, 0.25) is 5.91 Å². The normalized spacial score (nSPS) is 16.5. The van der Waals surface area contributed by atoms with E-state index < -0.39 is 5.54 Å². The van der Waals surface area contributed by atoms with Gasteiger partial charge in [0.25, 0.3) is 0 Å². The summed E-state index contributed by atoms with van der Waals surface area (Å²) in [5.74, 6) is 0.142.